The molecule has 0 aliphatic heterocycles. The van der Waals surface area contributed by atoms with Crippen LogP contribution >= 0.6 is 0 Å². The first kappa shape index (κ1) is 25.4. The second-order valence-corrected chi connectivity index (χ2v) is 11.2. The Bertz CT molecular complexity index is 2490. The van der Waals surface area contributed by atoms with Gasteiger partial charge in [0.1, 0.15) is 16.7 Å². The van der Waals surface area contributed by atoms with Gasteiger partial charge in [0.25, 0.3) is 0 Å². The van der Waals surface area contributed by atoms with E-state index in [0.29, 0.717) is 5.89 Å². The molecular formula is C41H26N2O2. The highest BCUT2D eigenvalue weighted by Gasteiger charge is 2.17. The Balaban J connectivity index is 1.17. The quantitative estimate of drug-likeness (QED) is 0.204. The molecule has 0 spiro atoms. The molecule has 45 heavy (non-hydrogen) atoms. The Morgan fingerprint density at radius 2 is 1.13 bits per heavy atom. The van der Waals surface area contributed by atoms with Crippen LogP contribution in [0.25, 0.3) is 66.4 Å². The van der Waals surface area contributed by atoms with Gasteiger partial charge in [-0.05, 0) is 77.2 Å². The highest BCUT2D eigenvalue weighted by molar-refractivity contribution is 6.06. The molecule has 0 radical (unpaired) electrons. The average Bonchev–Trinajstić information content (AvgIpc) is 3.71. The number of benzene rings is 7. The molecule has 4 nitrogen and oxygen atoms in total. The topological polar surface area (TPSA) is 42.4 Å². The lowest BCUT2D eigenvalue weighted by Crippen LogP contribution is -2.10. The second-order valence-electron chi connectivity index (χ2n) is 11.2. The zero-order chi connectivity index (χ0) is 29.7. The van der Waals surface area contributed by atoms with Crippen LogP contribution in [-0.4, -0.2) is 4.98 Å². The summed E-state index contributed by atoms with van der Waals surface area (Å²) in [5, 5.41) is 4.42. The van der Waals surface area contributed by atoms with E-state index in [-0.39, 0.29) is 0 Å². The fraction of sp³-hybridized carbons (Fsp3) is 0. The van der Waals surface area contributed by atoms with Gasteiger partial charge in [-0.25, -0.2) is 4.98 Å². The summed E-state index contributed by atoms with van der Waals surface area (Å²) in [6.07, 6.45) is 0. The van der Waals surface area contributed by atoms with Crippen LogP contribution in [0.4, 0.5) is 17.1 Å². The summed E-state index contributed by atoms with van der Waals surface area (Å²) in [5.41, 5.74) is 9.72. The Labute approximate surface area is 259 Å². The first-order valence-corrected chi connectivity index (χ1v) is 15.0. The molecule has 0 aliphatic carbocycles. The number of hydrogen-bond donors (Lipinski definition) is 0. The molecule has 0 unspecified atom stereocenters. The fourth-order valence-electron chi connectivity index (χ4n) is 6.29. The summed E-state index contributed by atoms with van der Waals surface area (Å²) in [6, 6.07) is 54.5. The number of fused-ring (bicyclic) bond motifs is 6. The monoisotopic (exact) mass is 578 g/mol. The van der Waals surface area contributed by atoms with E-state index in [4.69, 9.17) is 13.8 Å². The molecule has 7 aromatic carbocycles. The molecule has 9 aromatic rings. The van der Waals surface area contributed by atoms with Crippen molar-refractivity contribution in [2.45, 2.75) is 0 Å². The molecule has 2 aromatic heterocycles. The molecule has 0 fully saturated rings. The van der Waals surface area contributed by atoms with Crippen molar-refractivity contribution < 1.29 is 8.83 Å². The number of hydrogen-bond acceptors (Lipinski definition) is 4. The number of para-hydroxylation sites is 1. The van der Waals surface area contributed by atoms with Crippen LogP contribution in [-0.2, 0) is 0 Å². The third kappa shape index (κ3) is 4.35. The summed E-state index contributed by atoms with van der Waals surface area (Å²) >= 11 is 0. The van der Waals surface area contributed by atoms with Gasteiger partial charge in [0.15, 0.2) is 5.58 Å². The molecule has 0 atom stereocenters. The molecule has 0 bridgehead atoms. The summed E-state index contributed by atoms with van der Waals surface area (Å²) in [7, 11) is 0. The van der Waals surface area contributed by atoms with Gasteiger partial charge in [-0.15, -0.1) is 0 Å². The Morgan fingerprint density at radius 3 is 2.02 bits per heavy atom. The van der Waals surface area contributed by atoms with E-state index < -0.39 is 0 Å². The predicted molar refractivity (Wildman–Crippen MR) is 184 cm³/mol. The number of nitrogens with zero attached hydrogens (tertiary/aromatic N) is 2. The maximum absolute atomic E-state index is 6.34. The van der Waals surface area contributed by atoms with Crippen molar-refractivity contribution in [1.29, 1.82) is 0 Å². The van der Waals surface area contributed by atoms with Crippen molar-refractivity contribution >= 4 is 60.9 Å². The van der Waals surface area contributed by atoms with Crippen molar-refractivity contribution in [3.05, 3.63) is 158 Å². The van der Waals surface area contributed by atoms with Crippen molar-refractivity contribution in [2.24, 2.45) is 0 Å². The molecule has 2 heterocycles. The van der Waals surface area contributed by atoms with Crippen LogP contribution in [0.15, 0.2) is 167 Å². The molecule has 9 rings (SSSR count). The largest absolute Gasteiger partial charge is 0.456 e. The fourth-order valence-corrected chi connectivity index (χ4v) is 6.29. The van der Waals surface area contributed by atoms with Crippen molar-refractivity contribution in [1.82, 2.24) is 4.98 Å². The lowest BCUT2D eigenvalue weighted by Gasteiger charge is -2.26. The standard InChI is InChI=1S/C41H26N2O2/c1-2-9-27(10-3-1)30-12-8-13-32(25-30)43(33-22-23-36-35-15-6-7-16-38(35)44-39(36)26-33)31-20-17-29(18-21-31)41-42-37-24-19-28-11-4-5-14-34(28)40(37)45-41/h1-26H. The predicted octanol–water partition coefficient (Wildman–Crippen LogP) is 11.7. The van der Waals surface area contributed by atoms with Gasteiger partial charge >= 0.3 is 0 Å². The van der Waals surface area contributed by atoms with Crippen molar-refractivity contribution in [3.63, 3.8) is 0 Å². The number of anilines is 3. The molecule has 0 saturated heterocycles. The molecule has 0 aliphatic rings. The van der Waals surface area contributed by atoms with E-state index in [2.05, 4.69) is 120 Å². The number of rotatable bonds is 5. The van der Waals surface area contributed by atoms with Crippen LogP contribution in [0, 0.1) is 0 Å². The SMILES string of the molecule is c1ccc(-c2cccc(N(c3ccc(-c4nc5ccc6ccccc6c5o4)cc3)c3ccc4c(c3)oc3ccccc34)c2)cc1. The van der Waals surface area contributed by atoms with Gasteiger partial charge < -0.3 is 13.7 Å². The van der Waals surface area contributed by atoms with Crippen molar-refractivity contribution in [2.75, 3.05) is 4.90 Å². The molecule has 0 saturated carbocycles. The van der Waals surface area contributed by atoms with E-state index in [1.165, 1.54) is 5.56 Å². The van der Waals surface area contributed by atoms with Crippen molar-refractivity contribution in [3.8, 4) is 22.6 Å². The molecular weight excluding hydrogens is 552 g/mol. The van der Waals surface area contributed by atoms with Gasteiger partial charge in [0, 0.05) is 44.9 Å². The second kappa shape index (κ2) is 10.2. The highest BCUT2D eigenvalue weighted by Crippen LogP contribution is 2.40. The maximum Gasteiger partial charge on any atom is 0.227 e. The summed E-state index contributed by atoms with van der Waals surface area (Å²) in [6.45, 7) is 0. The smallest absolute Gasteiger partial charge is 0.227 e. The summed E-state index contributed by atoms with van der Waals surface area (Å²) in [4.78, 5) is 7.10. The van der Waals surface area contributed by atoms with E-state index in [1.807, 2.05) is 42.5 Å². The lowest BCUT2D eigenvalue weighted by atomic mass is 10.0. The van der Waals surface area contributed by atoms with Crippen LogP contribution in [0.5, 0.6) is 0 Å². The molecule has 0 N–H and O–H groups in total. The lowest BCUT2D eigenvalue weighted by molar-refractivity contribution is 0.623. The van der Waals surface area contributed by atoms with Gasteiger partial charge in [-0.3, -0.25) is 0 Å². The zero-order valence-electron chi connectivity index (χ0n) is 24.2. The Morgan fingerprint density at radius 1 is 0.422 bits per heavy atom. The van der Waals surface area contributed by atoms with Gasteiger partial charge in [0.05, 0.1) is 0 Å². The minimum atomic E-state index is 0.606. The third-order valence-corrected chi connectivity index (χ3v) is 8.48. The van der Waals surface area contributed by atoms with Gasteiger partial charge in [-0.2, -0.15) is 0 Å². The number of furan rings is 1. The van der Waals surface area contributed by atoms with E-state index in [0.717, 1.165) is 72.0 Å². The average molecular weight is 579 g/mol. The first-order valence-electron chi connectivity index (χ1n) is 15.0. The first-order chi connectivity index (χ1) is 22.3. The normalized spacial score (nSPS) is 11.6. The highest BCUT2D eigenvalue weighted by atomic mass is 16.3. The van der Waals surface area contributed by atoms with Gasteiger partial charge in [-0.1, -0.05) is 91.0 Å². The number of oxazole rings is 1. The summed E-state index contributed by atoms with van der Waals surface area (Å²) in [5.74, 6) is 0.606. The molecule has 0 amide bonds. The van der Waals surface area contributed by atoms with Crippen LogP contribution < -0.4 is 4.90 Å². The Kier molecular flexibility index (Phi) is 5.78. The summed E-state index contributed by atoms with van der Waals surface area (Å²) < 4.78 is 12.6. The van der Waals surface area contributed by atoms with E-state index in [1.54, 1.807) is 0 Å². The molecule has 212 valence electrons. The maximum atomic E-state index is 6.34. The number of aromatic nitrogens is 1. The minimum absolute atomic E-state index is 0.606. The van der Waals surface area contributed by atoms with Gasteiger partial charge in [0.2, 0.25) is 5.89 Å². The minimum Gasteiger partial charge on any atom is -0.456 e. The van der Waals surface area contributed by atoms with Crippen LogP contribution in [0.1, 0.15) is 0 Å². The third-order valence-electron chi connectivity index (χ3n) is 8.48. The van der Waals surface area contributed by atoms with Crippen LogP contribution in [0.2, 0.25) is 0 Å². The van der Waals surface area contributed by atoms with E-state index >= 15 is 0 Å². The van der Waals surface area contributed by atoms with Crippen LogP contribution in [0.3, 0.4) is 0 Å². The molecule has 4 heteroatoms. The van der Waals surface area contributed by atoms with E-state index in [9.17, 15) is 0 Å². The zero-order valence-corrected chi connectivity index (χ0v) is 24.2. The Hall–Kier alpha value is -6.13.